The van der Waals surface area contributed by atoms with Gasteiger partial charge in [-0.3, -0.25) is 9.59 Å². The average molecular weight is 366 g/mol. The van der Waals surface area contributed by atoms with Gasteiger partial charge >= 0.3 is 11.9 Å². The zero-order valence-corrected chi connectivity index (χ0v) is 12.7. The van der Waals surface area contributed by atoms with Crippen LogP contribution >= 0.6 is 15.9 Å². The Hall–Kier alpha value is -1.45. The molecule has 0 saturated carbocycles. The second-order valence-corrected chi connectivity index (χ2v) is 6.58. The van der Waals surface area contributed by atoms with Crippen molar-refractivity contribution < 1.29 is 28.2 Å². The van der Waals surface area contributed by atoms with E-state index in [-0.39, 0.29) is 9.37 Å². The van der Waals surface area contributed by atoms with E-state index in [1.54, 1.807) is 19.1 Å². The molecule has 0 aliphatic rings. The first-order valence-corrected chi connectivity index (χ1v) is 7.64. The second kappa shape index (κ2) is 6.33. The maximum atomic E-state index is 12.1. The summed E-state index contributed by atoms with van der Waals surface area (Å²) in [6, 6.07) is 2.68. The van der Waals surface area contributed by atoms with Gasteiger partial charge in [0, 0.05) is 4.47 Å². The Morgan fingerprint density at radius 2 is 1.95 bits per heavy atom. The highest BCUT2D eigenvalue weighted by Gasteiger charge is 2.28. The van der Waals surface area contributed by atoms with E-state index < -0.39 is 34.4 Å². The third-order valence-corrected chi connectivity index (χ3v) is 4.80. The zero-order chi connectivity index (χ0) is 15.5. The largest absolute Gasteiger partial charge is 0.481 e. The van der Waals surface area contributed by atoms with Crippen LogP contribution in [0.1, 0.15) is 12.0 Å². The van der Waals surface area contributed by atoms with E-state index in [1.807, 2.05) is 4.72 Å². The van der Waals surface area contributed by atoms with Gasteiger partial charge in [0.05, 0.1) is 11.3 Å². The standard InChI is InChI=1S/C11H12BrNO6S/c1-6-2-3-9(7(12)4-6)20(18,19)13-8(11(16)17)5-10(14)15/h2-4,8,13H,5H2,1H3,(H,14,15)(H,16,17). The van der Waals surface area contributed by atoms with Crippen molar-refractivity contribution in [2.75, 3.05) is 0 Å². The van der Waals surface area contributed by atoms with Crippen molar-refractivity contribution >= 4 is 37.9 Å². The molecule has 0 aromatic heterocycles. The summed E-state index contributed by atoms with van der Waals surface area (Å²) >= 11 is 3.08. The van der Waals surface area contributed by atoms with E-state index in [0.29, 0.717) is 0 Å². The highest BCUT2D eigenvalue weighted by Crippen LogP contribution is 2.23. The molecule has 7 nitrogen and oxygen atoms in total. The van der Waals surface area contributed by atoms with Crippen molar-refractivity contribution in [1.29, 1.82) is 0 Å². The molecule has 0 saturated heterocycles. The Labute approximate surface area is 123 Å². The monoisotopic (exact) mass is 365 g/mol. The van der Waals surface area contributed by atoms with E-state index in [0.717, 1.165) is 5.56 Å². The molecule has 0 spiro atoms. The fourth-order valence-electron chi connectivity index (χ4n) is 1.43. The molecule has 0 fully saturated rings. The van der Waals surface area contributed by atoms with Crippen molar-refractivity contribution in [3.63, 3.8) is 0 Å². The van der Waals surface area contributed by atoms with Gasteiger partial charge in [-0.2, -0.15) is 4.72 Å². The molecular formula is C11H12BrNO6S. The van der Waals surface area contributed by atoms with Crippen LogP contribution in [-0.2, 0) is 19.6 Å². The van der Waals surface area contributed by atoms with Crippen LogP contribution in [0.5, 0.6) is 0 Å². The topological polar surface area (TPSA) is 121 Å². The minimum Gasteiger partial charge on any atom is -0.481 e. The number of carbonyl (C=O) groups is 2. The fourth-order valence-corrected chi connectivity index (χ4v) is 3.81. The number of carboxylic acid groups (broad SMARTS) is 2. The Kier molecular flexibility index (Phi) is 5.26. The number of halogens is 1. The highest BCUT2D eigenvalue weighted by molar-refractivity contribution is 9.10. The third-order valence-electron chi connectivity index (χ3n) is 2.35. The lowest BCUT2D eigenvalue weighted by molar-refractivity contribution is -0.145. The normalized spacial score (nSPS) is 12.9. The maximum absolute atomic E-state index is 12.1. The summed E-state index contributed by atoms with van der Waals surface area (Å²) in [5, 5.41) is 17.4. The van der Waals surface area contributed by atoms with Crippen molar-refractivity contribution in [2.24, 2.45) is 0 Å². The summed E-state index contributed by atoms with van der Waals surface area (Å²) < 4.78 is 26.3. The highest BCUT2D eigenvalue weighted by atomic mass is 79.9. The lowest BCUT2D eigenvalue weighted by Crippen LogP contribution is -2.42. The molecule has 1 atom stereocenters. The number of rotatable bonds is 6. The van der Waals surface area contributed by atoms with Gasteiger partial charge < -0.3 is 10.2 Å². The van der Waals surface area contributed by atoms with Crippen LogP contribution in [0.15, 0.2) is 27.6 Å². The number of aryl methyl sites for hydroxylation is 1. The molecule has 1 aromatic rings. The van der Waals surface area contributed by atoms with Crippen molar-refractivity contribution in [1.82, 2.24) is 4.72 Å². The summed E-state index contributed by atoms with van der Waals surface area (Å²) in [7, 11) is -4.14. The van der Waals surface area contributed by atoms with Gasteiger partial charge in [-0.05, 0) is 40.5 Å². The number of hydrogen-bond acceptors (Lipinski definition) is 4. The van der Waals surface area contributed by atoms with E-state index in [4.69, 9.17) is 10.2 Å². The number of nitrogens with one attached hydrogen (secondary N) is 1. The molecule has 9 heteroatoms. The predicted molar refractivity (Wildman–Crippen MR) is 72.9 cm³/mol. The van der Waals surface area contributed by atoms with Crippen LogP contribution in [0, 0.1) is 6.92 Å². The Bertz CT molecular complexity index is 642. The van der Waals surface area contributed by atoms with Gasteiger partial charge in [0.15, 0.2) is 0 Å². The summed E-state index contributed by atoms with van der Waals surface area (Å²) in [5.74, 6) is -2.97. The molecule has 0 amide bonds. The summed E-state index contributed by atoms with van der Waals surface area (Å²) in [6.07, 6.45) is -0.849. The van der Waals surface area contributed by atoms with Crippen molar-refractivity contribution in [3.05, 3.63) is 28.2 Å². The Morgan fingerprint density at radius 3 is 2.40 bits per heavy atom. The minimum absolute atomic E-state index is 0.153. The fraction of sp³-hybridized carbons (Fsp3) is 0.273. The molecule has 0 radical (unpaired) electrons. The predicted octanol–water partition coefficient (Wildman–Crippen LogP) is 0.964. The SMILES string of the molecule is Cc1ccc(S(=O)(=O)NC(CC(=O)O)C(=O)O)c(Br)c1. The minimum atomic E-state index is -4.14. The van der Waals surface area contributed by atoms with Crippen LogP contribution in [0.25, 0.3) is 0 Å². The van der Waals surface area contributed by atoms with Crippen molar-refractivity contribution in [2.45, 2.75) is 24.3 Å². The molecule has 1 aromatic carbocycles. The van der Waals surface area contributed by atoms with Crippen molar-refractivity contribution in [3.8, 4) is 0 Å². The molecule has 0 aliphatic carbocycles. The van der Waals surface area contributed by atoms with Crippen LogP contribution < -0.4 is 4.72 Å². The smallest absolute Gasteiger partial charge is 0.322 e. The molecule has 0 aliphatic heterocycles. The second-order valence-electron chi connectivity index (χ2n) is 4.04. The molecule has 1 unspecified atom stereocenters. The van der Waals surface area contributed by atoms with Crippen LogP contribution in [0.4, 0.5) is 0 Å². The van der Waals surface area contributed by atoms with Gasteiger partial charge in [0.2, 0.25) is 10.0 Å². The first-order chi connectivity index (χ1) is 9.13. The molecule has 110 valence electrons. The van der Waals surface area contributed by atoms with E-state index in [1.165, 1.54) is 6.07 Å². The molecular weight excluding hydrogens is 354 g/mol. The van der Waals surface area contributed by atoms with Crippen LogP contribution in [-0.4, -0.2) is 36.6 Å². The average Bonchev–Trinajstić information content (AvgIpc) is 2.26. The molecule has 0 bridgehead atoms. The molecule has 20 heavy (non-hydrogen) atoms. The number of benzene rings is 1. The lowest BCUT2D eigenvalue weighted by atomic mass is 10.2. The number of hydrogen-bond donors (Lipinski definition) is 3. The number of aliphatic carboxylic acids is 2. The zero-order valence-electron chi connectivity index (χ0n) is 10.3. The number of carboxylic acids is 2. The maximum Gasteiger partial charge on any atom is 0.322 e. The Balaban J connectivity index is 3.09. The lowest BCUT2D eigenvalue weighted by Gasteiger charge is -2.14. The quantitative estimate of drug-likeness (QED) is 0.690. The van der Waals surface area contributed by atoms with E-state index in [9.17, 15) is 18.0 Å². The Morgan fingerprint density at radius 1 is 1.35 bits per heavy atom. The first-order valence-electron chi connectivity index (χ1n) is 5.36. The molecule has 3 N–H and O–H groups in total. The van der Waals surface area contributed by atoms with E-state index >= 15 is 0 Å². The van der Waals surface area contributed by atoms with E-state index in [2.05, 4.69) is 15.9 Å². The van der Waals surface area contributed by atoms with Gasteiger partial charge in [-0.25, -0.2) is 8.42 Å². The van der Waals surface area contributed by atoms with Gasteiger partial charge in [0.25, 0.3) is 0 Å². The van der Waals surface area contributed by atoms with Gasteiger partial charge in [0.1, 0.15) is 6.04 Å². The van der Waals surface area contributed by atoms with Gasteiger partial charge in [-0.15, -0.1) is 0 Å². The van der Waals surface area contributed by atoms with Crippen LogP contribution in [0.2, 0.25) is 0 Å². The van der Waals surface area contributed by atoms with Gasteiger partial charge in [-0.1, -0.05) is 6.07 Å². The number of sulfonamides is 1. The third kappa shape index (κ3) is 4.29. The molecule has 1 rings (SSSR count). The van der Waals surface area contributed by atoms with Crippen LogP contribution in [0.3, 0.4) is 0 Å². The molecule has 0 heterocycles. The summed E-state index contributed by atoms with van der Waals surface area (Å²) in [5.41, 5.74) is 0.816. The summed E-state index contributed by atoms with van der Waals surface area (Å²) in [4.78, 5) is 21.3. The first kappa shape index (κ1) is 16.6. The summed E-state index contributed by atoms with van der Waals surface area (Å²) in [6.45, 7) is 1.76.